The van der Waals surface area contributed by atoms with Gasteiger partial charge in [0.25, 0.3) is 0 Å². The number of anilines is 1. The lowest BCUT2D eigenvalue weighted by molar-refractivity contribution is 0.221. The first-order chi connectivity index (χ1) is 11.5. The zero-order valence-electron chi connectivity index (χ0n) is 14.0. The number of imidazole rings is 1. The number of thiophene rings is 1. The highest BCUT2D eigenvalue weighted by Crippen LogP contribution is 2.21. The van der Waals surface area contributed by atoms with Crippen LogP contribution in [0.2, 0.25) is 0 Å². The average Bonchev–Trinajstić information content (AvgIpc) is 3.16. The SMILES string of the molecule is Cc1ccsc1CN(C)C(=O)Nc1cccc(-c2nccn2C)c1. The Bertz CT molecular complexity index is 852. The zero-order valence-corrected chi connectivity index (χ0v) is 14.8. The first-order valence-corrected chi connectivity index (χ1v) is 8.55. The third-order valence-electron chi connectivity index (χ3n) is 3.89. The molecule has 1 aromatic carbocycles. The van der Waals surface area contributed by atoms with Gasteiger partial charge < -0.3 is 14.8 Å². The number of urea groups is 1. The Morgan fingerprint density at radius 1 is 1.38 bits per heavy atom. The number of hydrogen-bond donors (Lipinski definition) is 1. The Balaban J connectivity index is 1.70. The van der Waals surface area contributed by atoms with E-state index in [0.29, 0.717) is 6.54 Å². The van der Waals surface area contributed by atoms with Gasteiger partial charge in [0.2, 0.25) is 0 Å². The van der Waals surface area contributed by atoms with Crippen LogP contribution in [-0.4, -0.2) is 27.5 Å². The van der Waals surface area contributed by atoms with Crippen molar-refractivity contribution in [1.29, 1.82) is 0 Å². The van der Waals surface area contributed by atoms with Crippen molar-refractivity contribution < 1.29 is 4.79 Å². The Hall–Kier alpha value is -2.60. The molecule has 0 aliphatic carbocycles. The maximum atomic E-state index is 12.4. The summed E-state index contributed by atoms with van der Waals surface area (Å²) in [7, 11) is 3.75. The van der Waals surface area contributed by atoms with E-state index in [4.69, 9.17) is 0 Å². The molecule has 24 heavy (non-hydrogen) atoms. The predicted octanol–water partition coefficient (Wildman–Crippen LogP) is 4.12. The van der Waals surface area contributed by atoms with E-state index in [1.165, 1.54) is 10.4 Å². The van der Waals surface area contributed by atoms with Gasteiger partial charge in [-0.25, -0.2) is 9.78 Å². The number of carbonyl (C=O) groups excluding carboxylic acids is 1. The number of nitrogens with one attached hydrogen (secondary N) is 1. The lowest BCUT2D eigenvalue weighted by Crippen LogP contribution is -2.30. The van der Waals surface area contributed by atoms with Gasteiger partial charge in [0, 0.05) is 42.6 Å². The van der Waals surface area contributed by atoms with Gasteiger partial charge >= 0.3 is 6.03 Å². The van der Waals surface area contributed by atoms with Crippen molar-refractivity contribution in [2.75, 3.05) is 12.4 Å². The number of carbonyl (C=O) groups is 1. The number of hydrogen-bond acceptors (Lipinski definition) is 3. The number of nitrogens with zero attached hydrogens (tertiary/aromatic N) is 3. The van der Waals surface area contributed by atoms with Crippen molar-refractivity contribution in [2.24, 2.45) is 7.05 Å². The van der Waals surface area contributed by atoms with Gasteiger partial charge in [0.1, 0.15) is 5.82 Å². The second-order valence-electron chi connectivity index (χ2n) is 5.76. The standard InChI is InChI=1S/C18H20N4OS/c1-13-7-10-24-16(13)12-22(3)18(23)20-15-6-4-5-14(11-15)17-19-8-9-21(17)2/h4-11H,12H2,1-3H3,(H,20,23). The van der Waals surface area contributed by atoms with Gasteiger partial charge in [-0.2, -0.15) is 0 Å². The number of rotatable bonds is 4. The Labute approximate surface area is 145 Å². The molecular formula is C18H20N4OS. The Morgan fingerprint density at radius 2 is 2.21 bits per heavy atom. The molecule has 5 nitrogen and oxygen atoms in total. The molecule has 0 bridgehead atoms. The molecular weight excluding hydrogens is 320 g/mol. The molecule has 3 rings (SSSR count). The van der Waals surface area contributed by atoms with Crippen LogP contribution in [0.25, 0.3) is 11.4 Å². The molecule has 0 atom stereocenters. The summed E-state index contributed by atoms with van der Waals surface area (Å²) in [5, 5.41) is 5.00. The highest BCUT2D eigenvalue weighted by atomic mass is 32.1. The molecule has 0 aliphatic rings. The zero-order chi connectivity index (χ0) is 17.1. The van der Waals surface area contributed by atoms with Gasteiger partial charge in [-0.05, 0) is 36.1 Å². The molecule has 0 fully saturated rings. The lowest BCUT2D eigenvalue weighted by Gasteiger charge is -2.18. The molecule has 0 radical (unpaired) electrons. The van der Waals surface area contributed by atoms with Crippen molar-refractivity contribution in [3.63, 3.8) is 0 Å². The Morgan fingerprint density at radius 3 is 2.88 bits per heavy atom. The van der Waals surface area contributed by atoms with Crippen LogP contribution in [0.4, 0.5) is 10.5 Å². The first kappa shape index (κ1) is 16.3. The number of amides is 2. The Kier molecular flexibility index (Phi) is 4.66. The van der Waals surface area contributed by atoms with E-state index in [9.17, 15) is 4.79 Å². The summed E-state index contributed by atoms with van der Waals surface area (Å²) in [6.07, 6.45) is 3.66. The van der Waals surface area contributed by atoms with Crippen molar-refractivity contribution in [3.05, 3.63) is 58.5 Å². The van der Waals surface area contributed by atoms with Crippen LogP contribution in [0.15, 0.2) is 48.1 Å². The molecule has 0 spiro atoms. The topological polar surface area (TPSA) is 50.2 Å². The minimum atomic E-state index is -0.125. The predicted molar refractivity (Wildman–Crippen MR) is 98.2 cm³/mol. The first-order valence-electron chi connectivity index (χ1n) is 7.67. The molecule has 2 amide bonds. The minimum Gasteiger partial charge on any atom is -0.334 e. The fourth-order valence-electron chi connectivity index (χ4n) is 2.45. The monoisotopic (exact) mass is 340 g/mol. The van der Waals surface area contributed by atoms with Crippen LogP contribution in [0.3, 0.4) is 0 Å². The second kappa shape index (κ2) is 6.88. The van der Waals surface area contributed by atoms with Gasteiger partial charge in [-0.15, -0.1) is 11.3 Å². The summed E-state index contributed by atoms with van der Waals surface area (Å²) in [5.41, 5.74) is 2.95. The molecule has 0 saturated heterocycles. The van der Waals surface area contributed by atoms with Gasteiger partial charge in [0.05, 0.1) is 6.54 Å². The third kappa shape index (κ3) is 3.49. The fraction of sp³-hybridized carbons (Fsp3) is 0.222. The van der Waals surface area contributed by atoms with Crippen LogP contribution in [0, 0.1) is 6.92 Å². The van der Waals surface area contributed by atoms with E-state index in [1.807, 2.05) is 47.5 Å². The van der Waals surface area contributed by atoms with E-state index >= 15 is 0 Å². The molecule has 124 valence electrons. The van der Waals surface area contributed by atoms with Crippen molar-refractivity contribution in [3.8, 4) is 11.4 Å². The van der Waals surface area contributed by atoms with E-state index in [1.54, 1.807) is 29.5 Å². The number of aryl methyl sites for hydroxylation is 2. The van der Waals surface area contributed by atoms with Crippen LogP contribution in [0.1, 0.15) is 10.4 Å². The van der Waals surface area contributed by atoms with Crippen LogP contribution in [-0.2, 0) is 13.6 Å². The number of benzene rings is 1. The van der Waals surface area contributed by atoms with E-state index in [-0.39, 0.29) is 6.03 Å². The van der Waals surface area contributed by atoms with Crippen LogP contribution in [0.5, 0.6) is 0 Å². The third-order valence-corrected chi connectivity index (χ3v) is 4.90. The summed E-state index contributed by atoms with van der Waals surface area (Å²) in [6.45, 7) is 2.67. The quantitative estimate of drug-likeness (QED) is 0.776. The largest absolute Gasteiger partial charge is 0.334 e. The van der Waals surface area contributed by atoms with Crippen molar-refractivity contribution in [2.45, 2.75) is 13.5 Å². The minimum absolute atomic E-state index is 0.125. The van der Waals surface area contributed by atoms with Gasteiger partial charge in [-0.1, -0.05) is 12.1 Å². The highest BCUT2D eigenvalue weighted by molar-refractivity contribution is 7.10. The molecule has 3 aromatic rings. The molecule has 6 heteroatoms. The smallest absolute Gasteiger partial charge is 0.321 e. The average molecular weight is 340 g/mol. The van der Waals surface area contributed by atoms with Crippen molar-refractivity contribution >= 4 is 23.1 Å². The van der Waals surface area contributed by atoms with Crippen molar-refractivity contribution in [1.82, 2.24) is 14.5 Å². The van der Waals surface area contributed by atoms with Gasteiger partial charge in [0.15, 0.2) is 0 Å². The van der Waals surface area contributed by atoms with E-state index in [0.717, 1.165) is 17.1 Å². The maximum absolute atomic E-state index is 12.4. The summed E-state index contributed by atoms with van der Waals surface area (Å²) < 4.78 is 1.95. The summed E-state index contributed by atoms with van der Waals surface area (Å²) in [5.74, 6) is 0.869. The molecule has 2 aromatic heterocycles. The summed E-state index contributed by atoms with van der Waals surface area (Å²) >= 11 is 1.67. The van der Waals surface area contributed by atoms with Crippen LogP contribution < -0.4 is 5.32 Å². The summed E-state index contributed by atoms with van der Waals surface area (Å²) in [6, 6.07) is 9.67. The molecule has 0 unspecified atom stereocenters. The molecule has 0 saturated carbocycles. The molecule has 0 aliphatic heterocycles. The van der Waals surface area contributed by atoms with E-state index in [2.05, 4.69) is 23.3 Å². The fourth-order valence-corrected chi connectivity index (χ4v) is 3.41. The lowest BCUT2D eigenvalue weighted by atomic mass is 10.2. The van der Waals surface area contributed by atoms with Gasteiger partial charge in [-0.3, -0.25) is 0 Å². The summed E-state index contributed by atoms with van der Waals surface area (Å²) in [4.78, 5) is 19.6. The normalized spacial score (nSPS) is 10.6. The molecule has 2 heterocycles. The highest BCUT2D eigenvalue weighted by Gasteiger charge is 2.12. The number of aromatic nitrogens is 2. The molecule has 1 N–H and O–H groups in total. The maximum Gasteiger partial charge on any atom is 0.321 e. The second-order valence-corrected chi connectivity index (χ2v) is 6.76. The van der Waals surface area contributed by atoms with E-state index < -0.39 is 0 Å². The van der Waals surface area contributed by atoms with Crippen LogP contribution >= 0.6 is 11.3 Å².